The highest BCUT2D eigenvalue weighted by Crippen LogP contribution is 2.20. The molecule has 0 aliphatic carbocycles. The third-order valence-corrected chi connectivity index (χ3v) is 3.38. The van der Waals surface area contributed by atoms with Gasteiger partial charge in [0.2, 0.25) is 0 Å². The van der Waals surface area contributed by atoms with Crippen molar-refractivity contribution in [3.05, 3.63) is 65.7 Å². The van der Waals surface area contributed by atoms with E-state index < -0.39 is 5.97 Å². The lowest BCUT2D eigenvalue weighted by Gasteiger charge is -2.02. The van der Waals surface area contributed by atoms with Gasteiger partial charge in [0.15, 0.2) is 5.12 Å². The van der Waals surface area contributed by atoms with E-state index in [-0.39, 0.29) is 17.1 Å². The summed E-state index contributed by atoms with van der Waals surface area (Å²) >= 11 is 1.17. The van der Waals surface area contributed by atoms with Crippen LogP contribution in [0.1, 0.15) is 15.9 Å². The summed E-state index contributed by atoms with van der Waals surface area (Å²) in [5, 5.41) is 8.88. The van der Waals surface area contributed by atoms with Crippen molar-refractivity contribution in [2.24, 2.45) is 0 Å². The van der Waals surface area contributed by atoms with Gasteiger partial charge in [-0.2, -0.15) is 0 Å². The van der Waals surface area contributed by atoms with E-state index in [1.165, 1.54) is 23.9 Å². The molecule has 2 aromatic carbocycles. The molecule has 0 saturated heterocycles. The average molecular weight is 272 g/mol. The molecule has 96 valence electrons. The highest BCUT2D eigenvalue weighted by molar-refractivity contribution is 8.13. The topological polar surface area (TPSA) is 54.4 Å². The van der Waals surface area contributed by atoms with Gasteiger partial charge in [-0.15, -0.1) is 0 Å². The standard InChI is InChI=1S/C15H12O3S/c16-14(19-13-7-2-1-3-8-13)10-11-5-4-6-12(9-11)15(17)18/h1-9H,10H2,(H,17,18). The third kappa shape index (κ3) is 3.96. The van der Waals surface area contributed by atoms with E-state index in [4.69, 9.17) is 5.11 Å². The second-order valence-electron chi connectivity index (χ2n) is 3.97. The summed E-state index contributed by atoms with van der Waals surface area (Å²) in [7, 11) is 0. The first kappa shape index (κ1) is 13.4. The van der Waals surface area contributed by atoms with Gasteiger partial charge in [0.1, 0.15) is 0 Å². The number of carboxylic acids is 1. The molecule has 4 heteroatoms. The van der Waals surface area contributed by atoms with Gasteiger partial charge in [-0.05, 0) is 29.8 Å². The number of rotatable bonds is 4. The van der Waals surface area contributed by atoms with Crippen LogP contribution in [-0.4, -0.2) is 16.2 Å². The van der Waals surface area contributed by atoms with Crippen LogP contribution in [0, 0.1) is 0 Å². The Bertz CT molecular complexity index is 593. The summed E-state index contributed by atoms with van der Waals surface area (Å²) in [6.07, 6.45) is 0.223. The zero-order chi connectivity index (χ0) is 13.7. The van der Waals surface area contributed by atoms with Crippen molar-refractivity contribution < 1.29 is 14.7 Å². The van der Waals surface area contributed by atoms with E-state index in [9.17, 15) is 9.59 Å². The lowest BCUT2D eigenvalue weighted by atomic mass is 10.1. The van der Waals surface area contributed by atoms with Gasteiger partial charge in [0.05, 0.1) is 5.56 Å². The molecule has 2 aromatic rings. The largest absolute Gasteiger partial charge is 0.478 e. The van der Waals surface area contributed by atoms with Gasteiger partial charge in [0, 0.05) is 11.3 Å². The molecule has 2 rings (SSSR count). The SMILES string of the molecule is O=C(Cc1cccc(C(=O)O)c1)Sc1ccccc1. The molecule has 0 spiro atoms. The van der Waals surface area contributed by atoms with Gasteiger partial charge in [-0.1, -0.05) is 42.1 Å². The molecule has 0 atom stereocenters. The Morgan fingerprint density at radius 3 is 2.42 bits per heavy atom. The van der Waals surface area contributed by atoms with Gasteiger partial charge in [0.25, 0.3) is 0 Å². The average Bonchev–Trinajstić information content (AvgIpc) is 2.40. The molecule has 0 heterocycles. The maximum atomic E-state index is 11.9. The lowest BCUT2D eigenvalue weighted by Crippen LogP contribution is -2.01. The summed E-state index contributed by atoms with van der Waals surface area (Å²) in [5.41, 5.74) is 0.920. The van der Waals surface area contributed by atoms with Gasteiger partial charge < -0.3 is 5.11 Å². The van der Waals surface area contributed by atoms with E-state index in [1.807, 2.05) is 30.3 Å². The van der Waals surface area contributed by atoms with Crippen molar-refractivity contribution in [1.82, 2.24) is 0 Å². The zero-order valence-electron chi connectivity index (χ0n) is 10.1. The van der Waals surface area contributed by atoms with E-state index in [0.717, 1.165) is 4.90 Å². The summed E-state index contributed by atoms with van der Waals surface area (Å²) < 4.78 is 0. The van der Waals surface area contributed by atoms with Gasteiger partial charge in [-0.25, -0.2) is 4.79 Å². The molecule has 19 heavy (non-hydrogen) atoms. The smallest absolute Gasteiger partial charge is 0.335 e. The first-order valence-corrected chi connectivity index (χ1v) is 6.55. The number of benzene rings is 2. The molecule has 0 saturated carbocycles. The van der Waals surface area contributed by atoms with Crippen LogP contribution in [-0.2, 0) is 11.2 Å². The molecule has 3 nitrogen and oxygen atoms in total. The fourth-order valence-corrected chi connectivity index (χ4v) is 2.43. The van der Waals surface area contributed by atoms with Crippen molar-refractivity contribution in [3.63, 3.8) is 0 Å². The number of carboxylic acid groups (broad SMARTS) is 1. The van der Waals surface area contributed by atoms with Crippen LogP contribution >= 0.6 is 11.8 Å². The van der Waals surface area contributed by atoms with Crippen LogP contribution < -0.4 is 0 Å². The Hall–Kier alpha value is -2.07. The first-order chi connectivity index (χ1) is 9.15. The highest BCUT2D eigenvalue weighted by atomic mass is 32.2. The molecule has 0 radical (unpaired) electrons. The van der Waals surface area contributed by atoms with Crippen molar-refractivity contribution in [2.45, 2.75) is 11.3 Å². The number of carbonyl (C=O) groups excluding carboxylic acids is 1. The van der Waals surface area contributed by atoms with Gasteiger partial charge in [-0.3, -0.25) is 4.79 Å². The zero-order valence-corrected chi connectivity index (χ0v) is 10.9. The van der Waals surface area contributed by atoms with E-state index in [1.54, 1.807) is 12.1 Å². The molecular formula is C15H12O3S. The second-order valence-corrected chi connectivity index (χ2v) is 5.10. The molecule has 1 N–H and O–H groups in total. The van der Waals surface area contributed by atoms with Crippen LogP contribution in [0.25, 0.3) is 0 Å². The fraction of sp³-hybridized carbons (Fsp3) is 0.0667. The first-order valence-electron chi connectivity index (χ1n) is 5.73. The Labute approximate surface area is 115 Å². The lowest BCUT2D eigenvalue weighted by molar-refractivity contribution is -0.110. The summed E-state index contributed by atoms with van der Waals surface area (Å²) in [6, 6.07) is 15.8. The number of aromatic carboxylic acids is 1. The Balaban J connectivity index is 2.03. The molecule has 0 bridgehead atoms. The molecule has 0 aliphatic rings. The fourth-order valence-electron chi connectivity index (χ4n) is 1.64. The molecule has 0 unspecified atom stereocenters. The third-order valence-electron chi connectivity index (χ3n) is 2.50. The Morgan fingerprint density at radius 1 is 1.00 bits per heavy atom. The monoisotopic (exact) mass is 272 g/mol. The van der Waals surface area contributed by atoms with Crippen molar-refractivity contribution in [1.29, 1.82) is 0 Å². The van der Waals surface area contributed by atoms with Gasteiger partial charge >= 0.3 is 5.97 Å². The van der Waals surface area contributed by atoms with Crippen LogP contribution in [0.2, 0.25) is 0 Å². The molecule has 0 fully saturated rings. The van der Waals surface area contributed by atoms with E-state index >= 15 is 0 Å². The van der Waals surface area contributed by atoms with E-state index in [0.29, 0.717) is 5.56 Å². The molecule has 0 aromatic heterocycles. The molecular weight excluding hydrogens is 260 g/mol. The quantitative estimate of drug-likeness (QED) is 0.868. The van der Waals surface area contributed by atoms with Crippen LogP contribution in [0.5, 0.6) is 0 Å². The van der Waals surface area contributed by atoms with Crippen LogP contribution in [0.3, 0.4) is 0 Å². The van der Waals surface area contributed by atoms with Crippen molar-refractivity contribution >= 4 is 22.8 Å². The predicted octanol–water partition coefficient (Wildman–Crippen LogP) is 3.25. The number of hydrogen-bond donors (Lipinski definition) is 1. The summed E-state index contributed by atoms with van der Waals surface area (Å²) in [5.74, 6) is -0.981. The van der Waals surface area contributed by atoms with Crippen LogP contribution in [0.15, 0.2) is 59.5 Å². The van der Waals surface area contributed by atoms with Crippen molar-refractivity contribution in [3.8, 4) is 0 Å². The van der Waals surface area contributed by atoms with Crippen molar-refractivity contribution in [2.75, 3.05) is 0 Å². The predicted molar refractivity (Wildman–Crippen MR) is 74.4 cm³/mol. The summed E-state index contributed by atoms with van der Waals surface area (Å²) in [6.45, 7) is 0. The second kappa shape index (κ2) is 6.20. The minimum Gasteiger partial charge on any atom is -0.478 e. The number of carbonyl (C=O) groups is 2. The maximum absolute atomic E-state index is 11.9. The number of thioether (sulfide) groups is 1. The highest BCUT2D eigenvalue weighted by Gasteiger charge is 2.08. The summed E-state index contributed by atoms with van der Waals surface area (Å²) in [4.78, 5) is 23.6. The minimum atomic E-state index is -0.981. The normalized spacial score (nSPS) is 10.1. The maximum Gasteiger partial charge on any atom is 0.335 e. The molecule has 0 aliphatic heterocycles. The minimum absolute atomic E-state index is 0.00580. The Kier molecular flexibility index (Phi) is 4.36. The molecule has 0 amide bonds. The number of hydrogen-bond acceptors (Lipinski definition) is 3. The van der Waals surface area contributed by atoms with E-state index in [2.05, 4.69) is 0 Å². The Morgan fingerprint density at radius 2 is 1.74 bits per heavy atom. The van der Waals surface area contributed by atoms with Crippen LogP contribution in [0.4, 0.5) is 0 Å².